The van der Waals surface area contributed by atoms with Crippen molar-refractivity contribution in [1.29, 1.82) is 0 Å². The minimum atomic E-state index is 0.0822. The van der Waals surface area contributed by atoms with Gasteiger partial charge in [0.05, 0.1) is 0 Å². The maximum atomic E-state index is 11.8. The Hall–Kier alpha value is -0.770. The van der Waals surface area contributed by atoms with E-state index in [1.165, 1.54) is 38.5 Å². The van der Waals surface area contributed by atoms with Crippen molar-refractivity contribution in [3.05, 3.63) is 27.9 Å². The Morgan fingerprint density at radius 3 is 2.21 bits per heavy atom. The highest BCUT2D eigenvalue weighted by Gasteiger charge is 2.02. The molecule has 0 bridgehead atoms. The van der Waals surface area contributed by atoms with Gasteiger partial charge in [-0.3, -0.25) is 9.36 Å². The van der Waals surface area contributed by atoms with Gasteiger partial charge in [0.1, 0.15) is 5.82 Å². The Labute approximate surface area is 121 Å². The van der Waals surface area contributed by atoms with E-state index in [0.29, 0.717) is 0 Å². The molecule has 0 atom stereocenters. The lowest BCUT2D eigenvalue weighted by Crippen LogP contribution is -2.23. The number of nitrogens with zero attached hydrogens (tertiary/aromatic N) is 2. The molecule has 0 aliphatic carbocycles. The predicted octanol–water partition coefficient (Wildman–Crippen LogP) is 3.52. The molecule has 1 aromatic heterocycles. The lowest BCUT2D eigenvalue weighted by atomic mass is 10.1. The average Bonchev–Trinajstić information content (AvgIpc) is 2.35. The van der Waals surface area contributed by atoms with Gasteiger partial charge < -0.3 is 0 Å². The normalized spacial score (nSPS) is 10.9. The highest BCUT2D eigenvalue weighted by Crippen LogP contribution is 2.08. The van der Waals surface area contributed by atoms with Gasteiger partial charge in [0.15, 0.2) is 0 Å². The summed E-state index contributed by atoms with van der Waals surface area (Å²) < 4.78 is 1.79. The lowest BCUT2D eigenvalue weighted by Gasteiger charge is -2.09. The van der Waals surface area contributed by atoms with E-state index in [9.17, 15) is 4.79 Å². The van der Waals surface area contributed by atoms with Crippen LogP contribution in [0.25, 0.3) is 0 Å². The van der Waals surface area contributed by atoms with Crippen molar-refractivity contribution >= 4 is 12.6 Å². The van der Waals surface area contributed by atoms with Crippen molar-refractivity contribution in [2.75, 3.05) is 5.75 Å². The van der Waals surface area contributed by atoms with E-state index < -0.39 is 0 Å². The summed E-state index contributed by atoms with van der Waals surface area (Å²) in [6.45, 7) is 4.57. The first-order chi connectivity index (χ1) is 9.15. The first-order valence-electron chi connectivity index (χ1n) is 7.31. The van der Waals surface area contributed by atoms with Crippen LogP contribution < -0.4 is 5.56 Å². The summed E-state index contributed by atoms with van der Waals surface area (Å²) in [5.74, 6) is 1.83. The minimum Gasteiger partial charge on any atom is -0.297 e. The van der Waals surface area contributed by atoms with Gasteiger partial charge in [-0.1, -0.05) is 32.1 Å². The molecule has 0 saturated heterocycles. The maximum absolute atomic E-state index is 11.8. The molecule has 0 radical (unpaired) electrons. The fraction of sp³-hybridized carbons (Fsp3) is 0.733. The highest BCUT2D eigenvalue weighted by molar-refractivity contribution is 7.80. The molecule has 0 spiro atoms. The number of aryl methyl sites for hydroxylation is 2. The molecule has 1 rings (SSSR count). The first-order valence-corrected chi connectivity index (χ1v) is 7.94. The van der Waals surface area contributed by atoms with E-state index in [1.807, 2.05) is 13.8 Å². The lowest BCUT2D eigenvalue weighted by molar-refractivity contribution is 0.530. The van der Waals surface area contributed by atoms with Crippen LogP contribution in [0, 0.1) is 13.8 Å². The molecular formula is C15H26N2OS. The summed E-state index contributed by atoms with van der Waals surface area (Å²) in [4.78, 5) is 16.2. The Balaban J connectivity index is 2.21. The highest BCUT2D eigenvalue weighted by atomic mass is 32.1. The molecule has 1 aromatic rings. The largest absolute Gasteiger partial charge is 0.297 e. The summed E-state index contributed by atoms with van der Waals surface area (Å²) in [7, 11) is 0. The zero-order valence-corrected chi connectivity index (χ0v) is 13.1. The van der Waals surface area contributed by atoms with Crippen LogP contribution in [-0.4, -0.2) is 15.3 Å². The molecule has 0 aromatic carbocycles. The molecule has 0 amide bonds. The van der Waals surface area contributed by atoms with E-state index in [-0.39, 0.29) is 5.56 Å². The molecular weight excluding hydrogens is 256 g/mol. The third kappa shape index (κ3) is 6.28. The smallest absolute Gasteiger partial charge is 0.253 e. The zero-order chi connectivity index (χ0) is 14.1. The Morgan fingerprint density at radius 1 is 1.05 bits per heavy atom. The topological polar surface area (TPSA) is 34.9 Å². The van der Waals surface area contributed by atoms with Crippen LogP contribution in [0.15, 0.2) is 10.9 Å². The minimum absolute atomic E-state index is 0.0822. The van der Waals surface area contributed by atoms with Gasteiger partial charge in [-0.15, -0.1) is 0 Å². The van der Waals surface area contributed by atoms with Crippen LogP contribution in [-0.2, 0) is 6.54 Å². The zero-order valence-electron chi connectivity index (χ0n) is 12.2. The summed E-state index contributed by atoms with van der Waals surface area (Å²) in [6, 6.07) is 1.62. The molecule has 0 N–H and O–H groups in total. The molecule has 0 unspecified atom stereocenters. The molecule has 19 heavy (non-hydrogen) atoms. The van der Waals surface area contributed by atoms with Crippen LogP contribution in [0.4, 0.5) is 0 Å². The van der Waals surface area contributed by atoms with Crippen LogP contribution in [0.2, 0.25) is 0 Å². The molecule has 0 fully saturated rings. The monoisotopic (exact) mass is 282 g/mol. The fourth-order valence-electron chi connectivity index (χ4n) is 2.30. The SMILES string of the molecule is Cc1cc(=O)n(CCCCCCCCCS)c(C)n1. The van der Waals surface area contributed by atoms with E-state index in [2.05, 4.69) is 17.6 Å². The average molecular weight is 282 g/mol. The van der Waals surface area contributed by atoms with Crippen LogP contribution in [0.5, 0.6) is 0 Å². The molecule has 0 aliphatic heterocycles. The van der Waals surface area contributed by atoms with Crippen molar-refractivity contribution < 1.29 is 0 Å². The number of unbranched alkanes of at least 4 members (excludes halogenated alkanes) is 6. The van der Waals surface area contributed by atoms with Crippen LogP contribution in [0.1, 0.15) is 56.5 Å². The van der Waals surface area contributed by atoms with E-state index in [1.54, 1.807) is 10.6 Å². The number of hydrogen-bond donors (Lipinski definition) is 1. The number of thiol groups is 1. The summed E-state index contributed by atoms with van der Waals surface area (Å²) in [5.41, 5.74) is 0.890. The molecule has 0 aliphatic rings. The predicted molar refractivity (Wildman–Crippen MR) is 84.1 cm³/mol. The van der Waals surface area contributed by atoms with Gasteiger partial charge in [0.25, 0.3) is 5.56 Å². The van der Waals surface area contributed by atoms with Crippen molar-refractivity contribution in [2.45, 2.75) is 65.3 Å². The molecule has 1 heterocycles. The number of hydrogen-bond acceptors (Lipinski definition) is 3. The second-order valence-corrected chi connectivity index (χ2v) is 5.58. The Kier molecular flexibility index (Phi) is 7.87. The third-order valence-corrected chi connectivity index (χ3v) is 3.68. The standard InChI is InChI=1S/C15H26N2OS/c1-13-12-15(18)17(14(2)16-13)10-8-6-4-3-5-7-9-11-19/h12,19H,3-11H2,1-2H3. The summed E-state index contributed by atoms with van der Waals surface area (Å²) in [6.07, 6.45) is 8.66. The number of aromatic nitrogens is 2. The van der Waals surface area contributed by atoms with Crippen LogP contribution >= 0.6 is 12.6 Å². The van der Waals surface area contributed by atoms with Crippen molar-refractivity contribution in [1.82, 2.24) is 9.55 Å². The van der Waals surface area contributed by atoms with Gasteiger partial charge in [-0.2, -0.15) is 12.6 Å². The molecule has 3 nitrogen and oxygen atoms in total. The quantitative estimate of drug-likeness (QED) is 0.555. The van der Waals surface area contributed by atoms with Gasteiger partial charge in [0.2, 0.25) is 0 Å². The second-order valence-electron chi connectivity index (χ2n) is 5.13. The molecule has 108 valence electrons. The number of rotatable bonds is 9. The van der Waals surface area contributed by atoms with E-state index in [0.717, 1.165) is 30.2 Å². The van der Waals surface area contributed by atoms with E-state index in [4.69, 9.17) is 0 Å². The third-order valence-electron chi connectivity index (χ3n) is 3.37. The molecule has 0 saturated carbocycles. The fourth-order valence-corrected chi connectivity index (χ4v) is 2.53. The van der Waals surface area contributed by atoms with Crippen molar-refractivity contribution in [3.63, 3.8) is 0 Å². The van der Waals surface area contributed by atoms with Gasteiger partial charge in [-0.05, 0) is 32.4 Å². The summed E-state index contributed by atoms with van der Waals surface area (Å²) in [5, 5.41) is 0. The van der Waals surface area contributed by atoms with E-state index >= 15 is 0 Å². The summed E-state index contributed by atoms with van der Waals surface area (Å²) >= 11 is 4.21. The van der Waals surface area contributed by atoms with Crippen LogP contribution in [0.3, 0.4) is 0 Å². The Bertz CT molecular complexity index is 429. The van der Waals surface area contributed by atoms with Crippen molar-refractivity contribution in [3.8, 4) is 0 Å². The van der Waals surface area contributed by atoms with Gasteiger partial charge in [0, 0.05) is 18.3 Å². The van der Waals surface area contributed by atoms with Gasteiger partial charge >= 0.3 is 0 Å². The molecule has 4 heteroatoms. The van der Waals surface area contributed by atoms with Gasteiger partial charge in [-0.25, -0.2) is 4.98 Å². The first kappa shape index (κ1) is 16.3. The maximum Gasteiger partial charge on any atom is 0.253 e. The second kappa shape index (κ2) is 9.18. The van der Waals surface area contributed by atoms with Crippen molar-refractivity contribution in [2.24, 2.45) is 0 Å². The Morgan fingerprint density at radius 2 is 1.63 bits per heavy atom.